The Hall–Kier alpha value is -3.79. The number of aromatic nitrogens is 7. The molecular formula is C22H19N7O2S. The van der Waals surface area contributed by atoms with E-state index in [4.69, 9.17) is 9.51 Å². The van der Waals surface area contributed by atoms with Crippen molar-refractivity contribution in [2.75, 3.05) is 0 Å². The first-order chi connectivity index (χ1) is 15.5. The van der Waals surface area contributed by atoms with Crippen LogP contribution in [-0.2, 0) is 0 Å². The number of hydrogen-bond donors (Lipinski definition) is 1. The highest BCUT2D eigenvalue weighted by atomic mass is 32.2. The van der Waals surface area contributed by atoms with Crippen LogP contribution in [0.1, 0.15) is 29.2 Å². The lowest BCUT2D eigenvalue weighted by Crippen LogP contribution is -2.22. The van der Waals surface area contributed by atoms with Crippen LogP contribution >= 0.6 is 11.8 Å². The molecule has 10 heteroatoms. The van der Waals surface area contributed by atoms with Gasteiger partial charge in [0.1, 0.15) is 6.33 Å². The molecule has 9 nitrogen and oxygen atoms in total. The summed E-state index contributed by atoms with van der Waals surface area (Å²) in [7, 11) is 0. The highest BCUT2D eigenvalue weighted by Crippen LogP contribution is 2.35. The van der Waals surface area contributed by atoms with E-state index in [0.717, 1.165) is 16.8 Å². The molecule has 1 unspecified atom stereocenters. The van der Waals surface area contributed by atoms with Gasteiger partial charge in [-0.2, -0.15) is 10.1 Å². The average Bonchev–Trinajstić information content (AvgIpc) is 3.47. The minimum Gasteiger partial charge on any atom is -0.338 e. The summed E-state index contributed by atoms with van der Waals surface area (Å²) in [6, 6.07) is 13.3. The summed E-state index contributed by atoms with van der Waals surface area (Å²) in [6.07, 6.45) is 1.38. The van der Waals surface area contributed by atoms with Crippen LogP contribution in [0.5, 0.6) is 0 Å². The monoisotopic (exact) mass is 445 g/mol. The lowest BCUT2D eigenvalue weighted by molar-refractivity contribution is 0.380. The fourth-order valence-electron chi connectivity index (χ4n) is 3.48. The van der Waals surface area contributed by atoms with E-state index in [1.54, 1.807) is 10.6 Å². The number of nitrogens with zero attached hydrogens (tertiary/aromatic N) is 6. The minimum absolute atomic E-state index is 0.120. The Morgan fingerprint density at radius 2 is 1.97 bits per heavy atom. The lowest BCUT2D eigenvalue weighted by Gasteiger charge is -2.16. The molecule has 5 rings (SSSR count). The maximum atomic E-state index is 13.5. The summed E-state index contributed by atoms with van der Waals surface area (Å²) in [6.45, 7) is 5.94. The molecule has 0 amide bonds. The fraction of sp³-hybridized carbons (Fsp3) is 0.182. The van der Waals surface area contributed by atoms with Gasteiger partial charge in [0.25, 0.3) is 5.56 Å². The predicted molar refractivity (Wildman–Crippen MR) is 121 cm³/mol. The maximum Gasteiger partial charge on any atom is 0.266 e. The zero-order valence-corrected chi connectivity index (χ0v) is 18.4. The molecule has 32 heavy (non-hydrogen) atoms. The van der Waals surface area contributed by atoms with Crippen LogP contribution in [0.4, 0.5) is 0 Å². The molecule has 0 spiro atoms. The van der Waals surface area contributed by atoms with Gasteiger partial charge in [-0.15, -0.1) is 0 Å². The lowest BCUT2D eigenvalue weighted by atomic mass is 10.1. The second-order valence-corrected chi connectivity index (χ2v) is 8.70. The van der Waals surface area contributed by atoms with Crippen molar-refractivity contribution in [3.05, 3.63) is 76.2 Å². The predicted octanol–water partition coefficient (Wildman–Crippen LogP) is 4.02. The van der Waals surface area contributed by atoms with Crippen LogP contribution in [0.25, 0.3) is 28.2 Å². The first-order valence-corrected chi connectivity index (χ1v) is 10.8. The molecule has 3 heterocycles. The third-order valence-electron chi connectivity index (χ3n) is 5.04. The summed E-state index contributed by atoms with van der Waals surface area (Å²) >= 11 is 1.38. The van der Waals surface area contributed by atoms with Crippen molar-refractivity contribution in [1.82, 2.24) is 34.9 Å². The Morgan fingerprint density at radius 1 is 1.12 bits per heavy atom. The van der Waals surface area contributed by atoms with Crippen LogP contribution < -0.4 is 5.56 Å². The SMILES string of the molecule is Cc1ccc(-n2c(SC(C)c3nc(-c4ncn[nH]4)no3)nc3ccccc3c2=O)c(C)c1. The Bertz CT molecular complexity index is 1470. The number of rotatable bonds is 5. The Labute approximate surface area is 186 Å². The third-order valence-corrected chi connectivity index (χ3v) is 6.08. The van der Waals surface area contributed by atoms with Gasteiger partial charge in [-0.25, -0.2) is 9.97 Å². The molecule has 0 aliphatic rings. The van der Waals surface area contributed by atoms with E-state index >= 15 is 0 Å². The van der Waals surface area contributed by atoms with E-state index < -0.39 is 0 Å². The van der Waals surface area contributed by atoms with Gasteiger partial charge in [0.05, 0.1) is 21.8 Å². The molecule has 2 aromatic carbocycles. The number of nitrogens with one attached hydrogen (secondary N) is 1. The van der Waals surface area contributed by atoms with Crippen LogP contribution in [-0.4, -0.2) is 34.9 Å². The van der Waals surface area contributed by atoms with Crippen LogP contribution in [0.3, 0.4) is 0 Å². The smallest absolute Gasteiger partial charge is 0.266 e. The molecule has 5 aromatic rings. The number of thioether (sulfide) groups is 1. The van der Waals surface area contributed by atoms with Crippen LogP contribution in [0.2, 0.25) is 0 Å². The summed E-state index contributed by atoms with van der Waals surface area (Å²) in [5, 5.41) is 11.3. The molecule has 1 N–H and O–H groups in total. The minimum atomic E-state index is -0.260. The zero-order chi connectivity index (χ0) is 22.2. The van der Waals surface area contributed by atoms with Gasteiger partial charge in [-0.1, -0.05) is 46.7 Å². The number of hydrogen-bond acceptors (Lipinski definition) is 8. The van der Waals surface area contributed by atoms with Crippen molar-refractivity contribution in [1.29, 1.82) is 0 Å². The topological polar surface area (TPSA) is 115 Å². The van der Waals surface area contributed by atoms with E-state index in [-0.39, 0.29) is 10.8 Å². The van der Waals surface area contributed by atoms with E-state index in [0.29, 0.717) is 33.6 Å². The van der Waals surface area contributed by atoms with Crippen molar-refractivity contribution in [3.63, 3.8) is 0 Å². The van der Waals surface area contributed by atoms with Gasteiger partial charge in [-0.3, -0.25) is 14.5 Å². The van der Waals surface area contributed by atoms with Gasteiger partial charge >= 0.3 is 0 Å². The largest absolute Gasteiger partial charge is 0.338 e. The molecule has 0 saturated heterocycles. The summed E-state index contributed by atoms with van der Waals surface area (Å²) in [5.74, 6) is 1.15. The van der Waals surface area contributed by atoms with E-state index in [1.165, 1.54) is 18.1 Å². The average molecular weight is 446 g/mol. The zero-order valence-electron chi connectivity index (χ0n) is 17.6. The van der Waals surface area contributed by atoms with Crippen molar-refractivity contribution in [2.45, 2.75) is 31.2 Å². The standard InChI is InChI=1S/C22H19N7O2S/c1-12-8-9-17(13(2)10-12)29-21(30)15-6-4-5-7-16(15)25-22(29)32-14(3)20-26-19(28-31-20)18-23-11-24-27-18/h4-11,14H,1-3H3,(H,23,24,27). The first-order valence-electron chi connectivity index (χ1n) is 9.96. The second kappa shape index (κ2) is 8.04. The van der Waals surface area contributed by atoms with Crippen molar-refractivity contribution < 1.29 is 4.52 Å². The Morgan fingerprint density at radius 3 is 2.75 bits per heavy atom. The molecule has 1 atom stereocenters. The van der Waals surface area contributed by atoms with E-state index in [1.807, 2.05) is 51.1 Å². The highest BCUT2D eigenvalue weighted by molar-refractivity contribution is 7.99. The molecule has 0 bridgehead atoms. The number of aromatic amines is 1. The quantitative estimate of drug-likeness (QED) is 0.318. The normalized spacial score (nSPS) is 12.3. The van der Waals surface area contributed by atoms with Gasteiger partial charge in [0, 0.05) is 0 Å². The molecule has 3 aromatic heterocycles. The summed E-state index contributed by atoms with van der Waals surface area (Å²) in [5.41, 5.74) is 3.43. The van der Waals surface area contributed by atoms with E-state index in [9.17, 15) is 4.79 Å². The van der Waals surface area contributed by atoms with Gasteiger partial charge in [0.15, 0.2) is 11.0 Å². The van der Waals surface area contributed by atoms with Crippen molar-refractivity contribution in [3.8, 4) is 17.3 Å². The number of H-pyrrole nitrogens is 1. The van der Waals surface area contributed by atoms with Crippen LogP contribution in [0.15, 0.2) is 63.3 Å². The Kier molecular flexibility index (Phi) is 5.06. The second-order valence-electron chi connectivity index (χ2n) is 7.39. The maximum absolute atomic E-state index is 13.5. The van der Waals surface area contributed by atoms with Gasteiger partial charge < -0.3 is 4.52 Å². The molecule has 160 valence electrons. The molecule has 0 radical (unpaired) electrons. The number of aryl methyl sites for hydroxylation is 2. The number of fused-ring (bicyclic) bond motifs is 1. The van der Waals surface area contributed by atoms with Gasteiger partial charge in [0.2, 0.25) is 11.7 Å². The number of para-hydroxylation sites is 1. The number of benzene rings is 2. The summed E-state index contributed by atoms with van der Waals surface area (Å²) < 4.78 is 7.10. The first kappa shape index (κ1) is 20.1. The van der Waals surface area contributed by atoms with Crippen molar-refractivity contribution in [2.24, 2.45) is 0 Å². The summed E-state index contributed by atoms with van der Waals surface area (Å²) in [4.78, 5) is 26.8. The highest BCUT2D eigenvalue weighted by Gasteiger charge is 2.22. The Balaban J connectivity index is 1.60. The molecule has 0 aliphatic heterocycles. The third kappa shape index (κ3) is 3.58. The molecule has 0 aliphatic carbocycles. The molecular weight excluding hydrogens is 426 g/mol. The van der Waals surface area contributed by atoms with E-state index in [2.05, 4.69) is 31.4 Å². The van der Waals surface area contributed by atoms with Gasteiger partial charge in [-0.05, 0) is 44.5 Å². The fourth-order valence-corrected chi connectivity index (χ4v) is 4.43. The van der Waals surface area contributed by atoms with Crippen molar-refractivity contribution >= 4 is 22.7 Å². The van der Waals surface area contributed by atoms with Crippen LogP contribution in [0, 0.1) is 13.8 Å². The molecule has 0 fully saturated rings. The molecule has 0 saturated carbocycles.